The van der Waals surface area contributed by atoms with Gasteiger partial charge < -0.3 is 0 Å². The van der Waals surface area contributed by atoms with Gasteiger partial charge in [-0.1, -0.05) is 6.07 Å². The molecule has 0 spiro atoms. The van der Waals surface area contributed by atoms with E-state index in [2.05, 4.69) is 30.2 Å². The summed E-state index contributed by atoms with van der Waals surface area (Å²) in [6.07, 6.45) is 0. The third-order valence-corrected chi connectivity index (χ3v) is 1.80. The number of rotatable bonds is 0. The molecule has 2 heteroatoms. The van der Waals surface area contributed by atoms with Crippen LogP contribution in [0.1, 0.15) is 6.99 Å². The van der Waals surface area contributed by atoms with Gasteiger partial charge in [0.2, 0.25) is 0 Å². The minimum Gasteiger partial charge on any atom is -0.296 e. The monoisotopic (exact) mass is 136 g/mol. The smallest absolute Gasteiger partial charge is 0.0818 e. The lowest BCUT2D eigenvalue weighted by molar-refractivity contribution is 0.762. The van der Waals surface area contributed by atoms with Crippen LogP contribution in [-0.2, 0) is 7.05 Å². The molecule has 0 aliphatic rings. The molecule has 10 heavy (non-hydrogen) atoms. The molecule has 0 amide bonds. The highest BCUT2D eigenvalue weighted by Gasteiger charge is 1.98. The summed E-state index contributed by atoms with van der Waals surface area (Å²) in [6.45, 7) is 2.10. The van der Waals surface area contributed by atoms with E-state index in [1.54, 1.807) is 0 Å². The predicted molar refractivity (Wildman–Crippen MR) is 44.1 cm³/mol. The summed E-state index contributed by atoms with van der Waals surface area (Å²) in [5, 5.41) is 3.16. The molecule has 1 aromatic heterocycles. The fourth-order valence-corrected chi connectivity index (χ4v) is 1.22. The van der Waals surface area contributed by atoms with Gasteiger partial charge in [-0.25, -0.2) is 0 Å². The van der Waals surface area contributed by atoms with E-state index < -0.39 is 0 Å². The quantitative estimate of drug-likeness (QED) is 0.572. The maximum atomic E-state index is 3.16. The molecule has 54 valence electrons. The van der Waals surface area contributed by atoms with E-state index in [0.717, 1.165) is 0 Å². The molecule has 0 bridgehead atoms. The number of benzene rings is 1. The Kier molecular flexibility index (Phi) is 0.926. The minimum absolute atomic E-state index is 0. The fourth-order valence-electron chi connectivity index (χ4n) is 1.22. The third kappa shape index (κ3) is 0.588. The van der Waals surface area contributed by atoms with E-state index in [1.807, 2.05) is 11.7 Å². The summed E-state index contributed by atoms with van der Waals surface area (Å²) in [7, 11) is 2.01. The zero-order valence-corrected chi connectivity index (χ0v) is 6.18. The predicted octanol–water partition coefficient (Wildman–Crippen LogP) is 2.06. The maximum Gasteiger partial charge on any atom is 0.0818 e. The van der Waals surface area contributed by atoms with Gasteiger partial charge in [0.15, 0.2) is 0 Å². The van der Waals surface area contributed by atoms with Crippen molar-refractivity contribution in [3.05, 3.63) is 23.8 Å². The Morgan fingerprint density at radius 3 is 2.90 bits per heavy atom. The first kappa shape index (κ1) is 5.59. The molecule has 0 radical (unpaired) electrons. The lowest BCUT2D eigenvalue weighted by atomic mass is 10.2. The van der Waals surface area contributed by atoms with Crippen LogP contribution in [0.2, 0.25) is 0 Å². The first-order chi connectivity index (χ1) is 4.77. The molecule has 0 aliphatic carbocycles. The van der Waals surface area contributed by atoms with Crippen molar-refractivity contribution in [2.24, 2.45) is 7.05 Å². The number of nitrogens with one attached hydrogen (secondary N) is 1. The molecular weight excluding hydrogens is 124 g/mol. The van der Waals surface area contributed by atoms with Crippen molar-refractivity contribution in [3.63, 3.8) is 0 Å². The van der Waals surface area contributed by atoms with E-state index in [0.29, 0.717) is 0 Å². The molecule has 1 aromatic carbocycles. The van der Waals surface area contributed by atoms with Crippen LogP contribution in [0.15, 0.2) is 18.2 Å². The lowest BCUT2D eigenvalue weighted by Gasteiger charge is -2.11. The normalized spacial score (nSPS) is 11.0. The molecule has 0 unspecified atom stereocenters. The molecule has 0 fully saturated rings. The van der Waals surface area contributed by atoms with Crippen molar-refractivity contribution in [2.75, 3.05) is 0 Å². The summed E-state index contributed by atoms with van der Waals surface area (Å²) in [5.74, 6) is 0. The Morgan fingerprint density at radius 1 is 1.50 bits per heavy atom. The second kappa shape index (κ2) is 1.66. The lowest BCUT2D eigenvalue weighted by Crippen LogP contribution is -2.04. The van der Waals surface area contributed by atoms with Crippen molar-refractivity contribution >= 4 is 11.0 Å². The van der Waals surface area contributed by atoms with Gasteiger partial charge in [-0.15, -0.1) is 0 Å². The Morgan fingerprint density at radius 2 is 2.30 bits per heavy atom. The largest absolute Gasteiger partial charge is 0.296 e. The van der Waals surface area contributed by atoms with Gasteiger partial charge in [-0.05, 0) is 24.6 Å². The molecule has 0 atom stereocenters. The standard InChI is InChI=1S/C8H10N2.H2/c1-6-3-4-8-7(5-6)9-10(8)2;/h3-5,9H,1-2H3;1H. The molecule has 1 heterocycles. The molecule has 2 rings (SSSR count). The van der Waals surface area contributed by atoms with Crippen LogP contribution in [0.4, 0.5) is 0 Å². The van der Waals surface area contributed by atoms with Gasteiger partial charge in [0.1, 0.15) is 0 Å². The average molecular weight is 136 g/mol. The van der Waals surface area contributed by atoms with Gasteiger partial charge in [0, 0.05) is 8.47 Å². The number of hydrogen-bond acceptors (Lipinski definition) is 0. The van der Waals surface area contributed by atoms with Crippen LogP contribution >= 0.6 is 0 Å². The molecular formula is C8H12N2. The summed E-state index contributed by atoms with van der Waals surface area (Å²) >= 11 is 0. The fraction of sp³-hybridized carbons (Fsp3) is 0.250. The Bertz CT molecular complexity index is 355. The average Bonchev–Trinajstić information content (AvgIpc) is 1.86. The van der Waals surface area contributed by atoms with Crippen LogP contribution in [0, 0.1) is 6.92 Å². The Hall–Kier alpha value is -1.18. The number of aryl methyl sites for hydroxylation is 2. The number of aromatic nitrogens is 2. The molecule has 2 aromatic rings. The topological polar surface area (TPSA) is 20.7 Å². The zero-order valence-electron chi connectivity index (χ0n) is 6.18. The van der Waals surface area contributed by atoms with Crippen LogP contribution in [-0.4, -0.2) is 9.78 Å². The SMILES string of the molecule is Cc1ccc2c(c1)[nH]n2C.[HH]. The second-order valence-electron chi connectivity index (χ2n) is 2.69. The highest BCUT2D eigenvalue weighted by Crippen LogP contribution is 2.14. The summed E-state index contributed by atoms with van der Waals surface area (Å²) in [5.41, 5.74) is 3.83. The van der Waals surface area contributed by atoms with Crippen molar-refractivity contribution in [3.8, 4) is 0 Å². The zero-order chi connectivity index (χ0) is 7.14. The van der Waals surface area contributed by atoms with Gasteiger partial charge in [-0.2, -0.15) is 0 Å². The van der Waals surface area contributed by atoms with Crippen molar-refractivity contribution in [2.45, 2.75) is 6.92 Å². The van der Waals surface area contributed by atoms with Crippen LogP contribution in [0.5, 0.6) is 0 Å². The number of nitrogens with zero attached hydrogens (tertiary/aromatic N) is 1. The summed E-state index contributed by atoms with van der Waals surface area (Å²) in [4.78, 5) is 0. The van der Waals surface area contributed by atoms with E-state index >= 15 is 0 Å². The molecule has 2 nitrogen and oxygen atoms in total. The van der Waals surface area contributed by atoms with Gasteiger partial charge >= 0.3 is 0 Å². The third-order valence-electron chi connectivity index (χ3n) is 1.80. The first-order valence-corrected chi connectivity index (χ1v) is 3.38. The van der Waals surface area contributed by atoms with Gasteiger partial charge in [0.05, 0.1) is 11.0 Å². The van der Waals surface area contributed by atoms with Crippen molar-refractivity contribution in [1.82, 2.24) is 9.78 Å². The van der Waals surface area contributed by atoms with Crippen molar-refractivity contribution in [1.29, 1.82) is 0 Å². The van der Waals surface area contributed by atoms with Crippen LogP contribution in [0.3, 0.4) is 0 Å². The van der Waals surface area contributed by atoms with E-state index in [-0.39, 0.29) is 1.43 Å². The van der Waals surface area contributed by atoms with E-state index in [4.69, 9.17) is 0 Å². The van der Waals surface area contributed by atoms with E-state index in [9.17, 15) is 0 Å². The summed E-state index contributed by atoms with van der Waals surface area (Å²) in [6, 6.07) is 6.40. The van der Waals surface area contributed by atoms with Gasteiger partial charge in [-0.3, -0.25) is 9.78 Å². The van der Waals surface area contributed by atoms with Crippen LogP contribution in [0.25, 0.3) is 11.0 Å². The second-order valence-corrected chi connectivity index (χ2v) is 2.69. The first-order valence-electron chi connectivity index (χ1n) is 3.38. The molecule has 1 N–H and O–H groups in total. The van der Waals surface area contributed by atoms with Crippen molar-refractivity contribution < 1.29 is 1.43 Å². The maximum absolute atomic E-state index is 3.16. The summed E-state index contributed by atoms with van der Waals surface area (Å²) < 4.78 is 2.01. The van der Waals surface area contributed by atoms with E-state index in [1.165, 1.54) is 16.6 Å². The van der Waals surface area contributed by atoms with Crippen LogP contribution < -0.4 is 0 Å². The molecule has 0 aliphatic heterocycles. The molecule has 0 saturated heterocycles. The minimum atomic E-state index is 0. The Balaban J connectivity index is 0.000000605. The van der Waals surface area contributed by atoms with Gasteiger partial charge in [0.25, 0.3) is 0 Å². The number of hydrogen-bond donors (Lipinski definition) is 1. The highest BCUT2D eigenvalue weighted by atomic mass is 15.3. The molecule has 0 saturated carbocycles. The number of fused-ring (bicyclic) bond motifs is 1. The number of H-pyrrole nitrogens is 1. The number of aromatic amines is 1. The highest BCUT2D eigenvalue weighted by molar-refractivity contribution is 5.77. The Labute approximate surface area is 60.9 Å².